The Morgan fingerprint density at radius 2 is 2.04 bits per heavy atom. The van der Waals surface area contributed by atoms with Crippen LogP contribution in [0, 0.1) is 6.92 Å². The first-order valence-corrected chi connectivity index (χ1v) is 9.91. The topological polar surface area (TPSA) is 28.5 Å². The van der Waals surface area contributed by atoms with E-state index in [2.05, 4.69) is 30.1 Å². The van der Waals surface area contributed by atoms with Crippen molar-refractivity contribution in [2.75, 3.05) is 13.6 Å². The van der Waals surface area contributed by atoms with E-state index in [9.17, 15) is 4.39 Å². The van der Waals surface area contributed by atoms with Crippen LogP contribution in [0.2, 0.25) is 0 Å². The van der Waals surface area contributed by atoms with Crippen molar-refractivity contribution in [2.45, 2.75) is 39.3 Å². The molecule has 1 aromatic heterocycles. The first-order chi connectivity index (χ1) is 13.1. The predicted octanol–water partition coefficient (Wildman–Crippen LogP) is 6.30. The number of amidine groups is 1. The number of nitrogens with zero attached hydrogens (tertiary/aromatic N) is 3. The van der Waals surface area contributed by atoms with Crippen LogP contribution >= 0.6 is 23.2 Å². The molecule has 1 heterocycles. The minimum absolute atomic E-state index is 0.00705. The number of pyridine rings is 1. The zero-order valence-electron chi connectivity index (χ0n) is 16.8. The fourth-order valence-corrected chi connectivity index (χ4v) is 3.59. The van der Waals surface area contributed by atoms with E-state index in [4.69, 9.17) is 23.2 Å². The van der Waals surface area contributed by atoms with Gasteiger partial charge in [-0.15, -0.1) is 0 Å². The largest absolute Gasteiger partial charge is 0.325 e. The van der Waals surface area contributed by atoms with E-state index in [0.717, 1.165) is 17.8 Å². The van der Waals surface area contributed by atoms with Crippen LogP contribution in [0.15, 0.2) is 69.3 Å². The van der Waals surface area contributed by atoms with Crippen molar-refractivity contribution in [3.63, 3.8) is 0 Å². The maximum atomic E-state index is 14.5. The summed E-state index contributed by atoms with van der Waals surface area (Å²) in [4.78, 5) is 11.0. The number of aryl methyl sites for hydroxylation is 1. The third-order valence-corrected chi connectivity index (χ3v) is 5.68. The minimum Gasteiger partial charge on any atom is -0.325 e. The molecule has 2 rings (SSSR count). The number of alkyl halides is 1. The van der Waals surface area contributed by atoms with E-state index >= 15 is 0 Å². The smallest absolute Gasteiger partial charge is 0.154 e. The monoisotopic (exact) mass is 421 g/mol. The molecule has 1 aromatic rings. The van der Waals surface area contributed by atoms with Crippen LogP contribution in [0.4, 0.5) is 4.39 Å². The molecule has 0 spiro atoms. The molecule has 0 aromatic carbocycles. The molecule has 6 heteroatoms. The van der Waals surface area contributed by atoms with Crippen LogP contribution in [-0.2, 0) is 0 Å². The average molecular weight is 422 g/mol. The lowest BCUT2D eigenvalue weighted by Crippen LogP contribution is -2.33. The van der Waals surface area contributed by atoms with Gasteiger partial charge in [0.15, 0.2) is 5.84 Å². The van der Waals surface area contributed by atoms with Crippen molar-refractivity contribution in [3.05, 3.63) is 75.7 Å². The fourth-order valence-electron chi connectivity index (χ4n) is 3.03. The van der Waals surface area contributed by atoms with E-state index in [0.29, 0.717) is 29.2 Å². The molecule has 1 aliphatic carbocycles. The van der Waals surface area contributed by atoms with Gasteiger partial charge in [0.1, 0.15) is 11.4 Å². The van der Waals surface area contributed by atoms with Crippen LogP contribution in [0.25, 0.3) is 0 Å². The number of rotatable bonds is 6. The Bertz CT molecular complexity index is 882. The van der Waals surface area contributed by atoms with Crippen LogP contribution < -0.4 is 0 Å². The van der Waals surface area contributed by atoms with Gasteiger partial charge in [-0.1, -0.05) is 55.4 Å². The second kappa shape index (κ2) is 9.06. The molecule has 1 atom stereocenters. The standard InChI is InChI=1S/C22H26Cl2FN3/c1-7-13-28(21(26-6)18-10-8-9-14(2)27-18)16(4)15(3)17-11-12-22(5,25)20(24)19(17)23/h8-11H,3-4,7,12-13H2,1-2,5-6H3/b26-21-. The molecule has 0 amide bonds. The molecular formula is C22H26Cl2FN3. The quantitative estimate of drug-likeness (QED) is 0.306. The van der Waals surface area contributed by atoms with Gasteiger partial charge in [0.05, 0.1) is 10.1 Å². The molecule has 0 radical (unpaired) electrons. The Morgan fingerprint density at radius 1 is 1.36 bits per heavy atom. The Labute approximate surface area is 177 Å². The Hall–Kier alpha value is -1.91. The van der Waals surface area contributed by atoms with Crippen LogP contribution in [0.3, 0.4) is 0 Å². The van der Waals surface area contributed by atoms with Crippen molar-refractivity contribution in [1.29, 1.82) is 0 Å². The molecule has 0 bridgehead atoms. The van der Waals surface area contributed by atoms with Gasteiger partial charge in [-0.3, -0.25) is 4.99 Å². The molecule has 0 aliphatic heterocycles. The van der Waals surface area contributed by atoms with E-state index in [1.807, 2.05) is 30.0 Å². The number of aromatic nitrogens is 1. The van der Waals surface area contributed by atoms with E-state index < -0.39 is 5.67 Å². The first kappa shape index (κ1) is 22.4. The lowest BCUT2D eigenvalue weighted by molar-refractivity contribution is 0.251. The second-order valence-electron chi connectivity index (χ2n) is 6.94. The third kappa shape index (κ3) is 4.56. The van der Waals surface area contributed by atoms with E-state index in [-0.39, 0.29) is 16.5 Å². The predicted molar refractivity (Wildman–Crippen MR) is 118 cm³/mol. The molecular weight excluding hydrogens is 396 g/mol. The van der Waals surface area contributed by atoms with Crippen molar-refractivity contribution >= 4 is 29.0 Å². The maximum Gasteiger partial charge on any atom is 0.154 e. The molecule has 0 saturated heterocycles. The van der Waals surface area contributed by atoms with E-state index in [1.165, 1.54) is 6.92 Å². The zero-order chi connectivity index (χ0) is 21.1. The van der Waals surface area contributed by atoms with Gasteiger partial charge in [0.25, 0.3) is 0 Å². The highest BCUT2D eigenvalue weighted by molar-refractivity contribution is 6.42. The van der Waals surface area contributed by atoms with Crippen LogP contribution in [-0.4, -0.2) is 35.0 Å². The molecule has 3 nitrogen and oxygen atoms in total. The molecule has 150 valence electrons. The van der Waals surface area contributed by atoms with Gasteiger partial charge < -0.3 is 4.90 Å². The summed E-state index contributed by atoms with van der Waals surface area (Å²) in [5.74, 6) is 0.689. The van der Waals surface area contributed by atoms with Crippen LogP contribution in [0.5, 0.6) is 0 Å². The van der Waals surface area contributed by atoms with Gasteiger partial charge in [0, 0.05) is 31.4 Å². The first-order valence-electron chi connectivity index (χ1n) is 9.16. The fraction of sp³-hybridized carbons (Fsp3) is 0.364. The highest BCUT2D eigenvalue weighted by atomic mass is 35.5. The van der Waals surface area contributed by atoms with Crippen molar-refractivity contribution < 1.29 is 4.39 Å². The minimum atomic E-state index is -1.67. The highest BCUT2D eigenvalue weighted by Crippen LogP contribution is 2.43. The molecule has 1 aliphatic rings. The summed E-state index contributed by atoms with van der Waals surface area (Å²) in [5.41, 5.74) is 1.78. The summed E-state index contributed by atoms with van der Waals surface area (Å²) in [6, 6.07) is 5.78. The molecule has 0 fully saturated rings. The summed E-state index contributed by atoms with van der Waals surface area (Å²) < 4.78 is 14.5. The number of aliphatic imine (C=N–C) groups is 1. The van der Waals surface area contributed by atoms with Gasteiger partial charge in [-0.05, 0) is 43.5 Å². The summed E-state index contributed by atoms with van der Waals surface area (Å²) in [7, 11) is 1.72. The number of halogens is 3. The van der Waals surface area contributed by atoms with Gasteiger partial charge in [-0.25, -0.2) is 9.37 Å². The Kier molecular flexibility index (Phi) is 7.24. The van der Waals surface area contributed by atoms with E-state index in [1.54, 1.807) is 13.1 Å². The molecule has 1 unspecified atom stereocenters. The summed E-state index contributed by atoms with van der Waals surface area (Å²) in [6.07, 6.45) is 2.72. The summed E-state index contributed by atoms with van der Waals surface area (Å²) in [6.45, 7) is 14.5. The summed E-state index contributed by atoms with van der Waals surface area (Å²) in [5, 5.41) is 0.163. The molecule has 0 saturated carbocycles. The van der Waals surface area contributed by atoms with Crippen molar-refractivity contribution in [3.8, 4) is 0 Å². The molecule has 0 N–H and O–H groups in total. The van der Waals surface area contributed by atoms with Gasteiger partial charge in [-0.2, -0.15) is 0 Å². The average Bonchev–Trinajstić information content (AvgIpc) is 2.65. The van der Waals surface area contributed by atoms with Gasteiger partial charge in [0.2, 0.25) is 0 Å². The third-order valence-electron chi connectivity index (χ3n) is 4.61. The normalized spacial score (nSPS) is 20.1. The highest BCUT2D eigenvalue weighted by Gasteiger charge is 2.34. The Morgan fingerprint density at radius 3 is 2.61 bits per heavy atom. The van der Waals surface area contributed by atoms with Gasteiger partial charge >= 0.3 is 0 Å². The van der Waals surface area contributed by atoms with Crippen molar-refractivity contribution in [2.24, 2.45) is 4.99 Å². The number of allylic oxidation sites excluding steroid dienone is 4. The second-order valence-corrected chi connectivity index (χ2v) is 7.69. The number of hydrogen-bond acceptors (Lipinski definition) is 2. The lowest BCUT2D eigenvalue weighted by Gasteiger charge is -2.31. The van der Waals surface area contributed by atoms with Crippen molar-refractivity contribution in [1.82, 2.24) is 9.88 Å². The zero-order valence-corrected chi connectivity index (χ0v) is 18.3. The SMILES string of the molecule is C=C(C(=C)N(CCC)/C(=N\C)c1cccc(C)n1)C1=CCC(C)(F)C(Cl)=C1Cl. The number of hydrogen-bond donors (Lipinski definition) is 0. The summed E-state index contributed by atoms with van der Waals surface area (Å²) >= 11 is 12.5. The molecule has 28 heavy (non-hydrogen) atoms. The lowest BCUT2D eigenvalue weighted by atomic mass is 9.90. The Balaban J connectivity index is 2.40. The van der Waals surface area contributed by atoms with Crippen LogP contribution in [0.1, 0.15) is 38.1 Å². The maximum absolute atomic E-state index is 14.5.